The number of rotatable bonds is 8. The summed E-state index contributed by atoms with van der Waals surface area (Å²) in [7, 11) is 0. The Morgan fingerprint density at radius 3 is 2.32 bits per heavy atom. The lowest BCUT2D eigenvalue weighted by atomic mass is 9.97. The van der Waals surface area contributed by atoms with Crippen LogP contribution in [0.2, 0.25) is 0 Å². The molecule has 0 saturated carbocycles. The molecule has 102 valence electrons. The third-order valence-corrected chi connectivity index (χ3v) is 3.54. The summed E-state index contributed by atoms with van der Waals surface area (Å²) in [5, 5.41) is 15.8. The molecule has 1 aromatic rings. The van der Waals surface area contributed by atoms with Crippen LogP contribution in [0.3, 0.4) is 0 Å². The van der Waals surface area contributed by atoms with Gasteiger partial charge < -0.3 is 0 Å². The standard InChI is InChI=1S/C15H22N4/c1-2-12-15(16-18-19-17-15)13-8-4-7-11-14-9-5-3-6-10-14/h3,5-6,9-10H,2,4,7-8,11-13H2,1H3. The molecule has 0 amide bonds. The Bertz CT molecular complexity index is 413. The van der Waals surface area contributed by atoms with Crippen molar-refractivity contribution in [1.82, 2.24) is 0 Å². The van der Waals surface area contributed by atoms with Crippen LogP contribution < -0.4 is 0 Å². The fraction of sp³-hybridized carbons (Fsp3) is 0.600. The summed E-state index contributed by atoms with van der Waals surface area (Å²) in [6.45, 7) is 2.15. The minimum absolute atomic E-state index is 0.332. The van der Waals surface area contributed by atoms with E-state index in [0.29, 0.717) is 0 Å². The number of unbranched alkanes of at least 4 members (excludes halogenated alkanes) is 2. The molecular formula is C15H22N4. The highest BCUT2D eigenvalue weighted by atomic mass is 15.6. The van der Waals surface area contributed by atoms with Crippen molar-refractivity contribution in [3.63, 3.8) is 0 Å². The third kappa shape index (κ3) is 4.23. The van der Waals surface area contributed by atoms with E-state index in [4.69, 9.17) is 0 Å². The summed E-state index contributed by atoms with van der Waals surface area (Å²) in [5.41, 5.74) is 1.09. The molecule has 1 aliphatic rings. The minimum Gasteiger partial charge on any atom is -0.135 e. The van der Waals surface area contributed by atoms with Crippen molar-refractivity contribution in [1.29, 1.82) is 0 Å². The van der Waals surface area contributed by atoms with Crippen molar-refractivity contribution in [3.05, 3.63) is 35.9 Å². The quantitative estimate of drug-likeness (QED) is 0.581. The maximum Gasteiger partial charge on any atom is 0.195 e. The second-order valence-corrected chi connectivity index (χ2v) is 5.16. The Kier molecular flexibility index (Phi) is 5.19. The van der Waals surface area contributed by atoms with Gasteiger partial charge in [0.15, 0.2) is 5.66 Å². The first-order valence-electron chi connectivity index (χ1n) is 7.23. The Balaban J connectivity index is 1.66. The summed E-state index contributed by atoms with van der Waals surface area (Å²) in [4.78, 5) is 0. The Morgan fingerprint density at radius 2 is 1.63 bits per heavy atom. The molecule has 0 spiro atoms. The zero-order valence-corrected chi connectivity index (χ0v) is 11.6. The van der Waals surface area contributed by atoms with E-state index in [0.717, 1.165) is 32.1 Å². The maximum absolute atomic E-state index is 4.20. The normalized spacial score (nSPS) is 16.1. The molecule has 4 nitrogen and oxygen atoms in total. The minimum atomic E-state index is -0.332. The summed E-state index contributed by atoms with van der Waals surface area (Å²) in [5.74, 6) is 0. The molecule has 0 atom stereocenters. The fourth-order valence-corrected chi connectivity index (χ4v) is 2.51. The molecule has 2 rings (SSSR count). The monoisotopic (exact) mass is 258 g/mol. The Hall–Kier alpha value is -1.58. The molecule has 0 saturated heterocycles. The highest BCUT2D eigenvalue weighted by molar-refractivity contribution is 5.14. The van der Waals surface area contributed by atoms with Gasteiger partial charge in [0.25, 0.3) is 0 Å². The van der Waals surface area contributed by atoms with Gasteiger partial charge in [0.2, 0.25) is 0 Å². The zero-order valence-electron chi connectivity index (χ0n) is 11.6. The molecular weight excluding hydrogens is 236 g/mol. The largest absolute Gasteiger partial charge is 0.195 e. The number of hydrogen-bond donors (Lipinski definition) is 0. The van der Waals surface area contributed by atoms with Gasteiger partial charge in [-0.1, -0.05) is 50.1 Å². The van der Waals surface area contributed by atoms with E-state index in [1.807, 2.05) is 0 Å². The molecule has 0 bridgehead atoms. The predicted molar refractivity (Wildman–Crippen MR) is 76.0 cm³/mol. The topological polar surface area (TPSA) is 49.4 Å². The predicted octanol–water partition coefficient (Wildman–Crippen LogP) is 5.12. The van der Waals surface area contributed by atoms with E-state index in [9.17, 15) is 0 Å². The van der Waals surface area contributed by atoms with Crippen molar-refractivity contribution in [2.75, 3.05) is 0 Å². The van der Waals surface area contributed by atoms with E-state index in [-0.39, 0.29) is 5.66 Å². The number of nitrogens with zero attached hydrogens (tertiary/aromatic N) is 4. The van der Waals surface area contributed by atoms with E-state index < -0.39 is 0 Å². The van der Waals surface area contributed by atoms with Gasteiger partial charge in [-0.15, -0.1) is 10.2 Å². The van der Waals surface area contributed by atoms with Crippen LogP contribution in [0, 0.1) is 0 Å². The molecule has 4 heteroatoms. The van der Waals surface area contributed by atoms with Crippen LogP contribution in [0.25, 0.3) is 0 Å². The first kappa shape index (κ1) is 13.8. The van der Waals surface area contributed by atoms with E-state index in [1.54, 1.807) is 0 Å². The molecule has 0 radical (unpaired) electrons. The van der Waals surface area contributed by atoms with Gasteiger partial charge in [-0.25, -0.2) is 0 Å². The lowest BCUT2D eigenvalue weighted by Gasteiger charge is -2.18. The van der Waals surface area contributed by atoms with Crippen LogP contribution >= 0.6 is 0 Å². The van der Waals surface area contributed by atoms with E-state index >= 15 is 0 Å². The second-order valence-electron chi connectivity index (χ2n) is 5.16. The van der Waals surface area contributed by atoms with Gasteiger partial charge in [-0.2, -0.15) is 0 Å². The summed E-state index contributed by atoms with van der Waals surface area (Å²) in [6, 6.07) is 10.7. The molecule has 0 aliphatic carbocycles. The average molecular weight is 258 g/mol. The van der Waals surface area contributed by atoms with Gasteiger partial charge in [-0.3, -0.25) is 0 Å². The molecule has 1 heterocycles. The van der Waals surface area contributed by atoms with Crippen LogP contribution in [0.4, 0.5) is 0 Å². The molecule has 0 fully saturated rings. The fourth-order valence-electron chi connectivity index (χ4n) is 2.51. The Labute approximate surface area is 115 Å². The Morgan fingerprint density at radius 1 is 0.895 bits per heavy atom. The van der Waals surface area contributed by atoms with Crippen molar-refractivity contribution in [2.24, 2.45) is 20.7 Å². The van der Waals surface area contributed by atoms with Crippen molar-refractivity contribution in [3.8, 4) is 0 Å². The first-order chi connectivity index (χ1) is 9.35. The first-order valence-corrected chi connectivity index (χ1v) is 7.23. The molecule has 0 unspecified atom stereocenters. The SMILES string of the molecule is CCCC1(CCCCCc2ccccc2)N=NN=N1. The summed E-state index contributed by atoms with van der Waals surface area (Å²) < 4.78 is 0. The highest BCUT2D eigenvalue weighted by Gasteiger charge is 2.31. The molecule has 0 N–H and O–H groups in total. The van der Waals surface area contributed by atoms with Crippen molar-refractivity contribution in [2.45, 2.75) is 57.5 Å². The van der Waals surface area contributed by atoms with Gasteiger partial charge >= 0.3 is 0 Å². The lowest BCUT2D eigenvalue weighted by molar-refractivity contribution is 0.359. The molecule has 0 aromatic heterocycles. The summed E-state index contributed by atoms with van der Waals surface area (Å²) in [6.07, 6.45) is 7.74. The van der Waals surface area contributed by atoms with Crippen LogP contribution in [-0.2, 0) is 6.42 Å². The van der Waals surface area contributed by atoms with E-state index in [1.165, 1.54) is 18.4 Å². The van der Waals surface area contributed by atoms with Crippen molar-refractivity contribution >= 4 is 0 Å². The van der Waals surface area contributed by atoms with Crippen LogP contribution in [-0.4, -0.2) is 5.66 Å². The zero-order chi connectivity index (χ0) is 13.4. The van der Waals surface area contributed by atoms with Gasteiger partial charge in [-0.05, 0) is 48.1 Å². The van der Waals surface area contributed by atoms with Crippen molar-refractivity contribution < 1.29 is 0 Å². The van der Waals surface area contributed by atoms with Crippen LogP contribution in [0.15, 0.2) is 51.0 Å². The lowest BCUT2D eigenvalue weighted by Crippen LogP contribution is -2.20. The van der Waals surface area contributed by atoms with Crippen LogP contribution in [0.5, 0.6) is 0 Å². The smallest absolute Gasteiger partial charge is 0.135 e. The van der Waals surface area contributed by atoms with E-state index in [2.05, 4.69) is 57.9 Å². The van der Waals surface area contributed by atoms with Gasteiger partial charge in [0, 0.05) is 0 Å². The number of benzene rings is 1. The molecule has 1 aromatic carbocycles. The maximum atomic E-state index is 4.20. The van der Waals surface area contributed by atoms with Crippen LogP contribution in [0.1, 0.15) is 51.0 Å². The van der Waals surface area contributed by atoms with Gasteiger partial charge in [0.05, 0.1) is 0 Å². The van der Waals surface area contributed by atoms with Gasteiger partial charge in [0.1, 0.15) is 0 Å². The second kappa shape index (κ2) is 7.12. The molecule has 1 aliphatic heterocycles. The highest BCUT2D eigenvalue weighted by Crippen LogP contribution is 2.31. The third-order valence-electron chi connectivity index (χ3n) is 3.54. The molecule has 19 heavy (non-hydrogen) atoms. The number of hydrogen-bond acceptors (Lipinski definition) is 4. The average Bonchev–Trinajstić information content (AvgIpc) is 2.89. The number of aryl methyl sites for hydroxylation is 1. The summed E-state index contributed by atoms with van der Waals surface area (Å²) >= 11 is 0.